The summed E-state index contributed by atoms with van der Waals surface area (Å²) in [6, 6.07) is 18.9. The van der Waals surface area contributed by atoms with Crippen molar-refractivity contribution in [2.45, 2.75) is 11.4 Å². The highest BCUT2D eigenvalue weighted by molar-refractivity contribution is 7.92. The number of aliphatic carboxylic acids is 1. The van der Waals surface area contributed by atoms with Gasteiger partial charge in [0.15, 0.2) is 0 Å². The minimum Gasteiger partial charge on any atom is -0.480 e. The first-order valence-electron chi connectivity index (χ1n) is 10.3. The molecular weight excluding hydrogens is 513 g/mol. The maximum absolute atomic E-state index is 13.5. The van der Waals surface area contributed by atoms with Crippen molar-refractivity contribution in [2.24, 2.45) is 0 Å². The molecule has 0 radical (unpaired) electrons. The molecule has 2 N–H and O–H groups in total. The van der Waals surface area contributed by atoms with Gasteiger partial charge in [0.2, 0.25) is 0 Å². The van der Waals surface area contributed by atoms with Gasteiger partial charge in [0.1, 0.15) is 6.54 Å². The summed E-state index contributed by atoms with van der Waals surface area (Å²) in [5.74, 6) is -1.36. The Labute approximate surface area is 211 Å². The third-order valence-electron chi connectivity index (χ3n) is 5.19. The standard InChI is InChI=1S/C24H19Cl2N3O5S/c25-17-11-18(26)13-19(12-17)35(33,34)29(15-23(30)31)22-8-4-7-21-20(22)9-10-28(21)24(32)27-14-16-5-2-1-3-6-16/h1-13H,14-15H2,(H,27,32)(H,30,31). The predicted molar refractivity (Wildman–Crippen MR) is 135 cm³/mol. The summed E-state index contributed by atoms with van der Waals surface area (Å²) in [5, 5.41) is 12.8. The molecule has 0 spiro atoms. The molecular formula is C24H19Cl2N3O5S. The van der Waals surface area contributed by atoms with Gasteiger partial charge in [0.25, 0.3) is 10.0 Å². The molecule has 0 saturated heterocycles. The number of carboxylic acids is 1. The van der Waals surface area contributed by atoms with Gasteiger partial charge in [-0.25, -0.2) is 13.2 Å². The van der Waals surface area contributed by atoms with Gasteiger partial charge in [-0.3, -0.25) is 13.7 Å². The lowest BCUT2D eigenvalue weighted by Crippen LogP contribution is -2.36. The van der Waals surface area contributed by atoms with Gasteiger partial charge < -0.3 is 10.4 Å². The van der Waals surface area contributed by atoms with Crippen molar-refractivity contribution in [3.8, 4) is 0 Å². The Bertz CT molecular complexity index is 1500. The number of hydrogen-bond acceptors (Lipinski definition) is 4. The van der Waals surface area contributed by atoms with Gasteiger partial charge in [0, 0.05) is 28.2 Å². The van der Waals surface area contributed by atoms with E-state index in [0.29, 0.717) is 17.4 Å². The molecule has 1 heterocycles. The molecule has 3 aromatic carbocycles. The summed E-state index contributed by atoms with van der Waals surface area (Å²) in [6.45, 7) is -0.551. The Morgan fingerprint density at radius 3 is 2.29 bits per heavy atom. The van der Waals surface area contributed by atoms with Crippen LogP contribution in [-0.4, -0.2) is 36.6 Å². The highest BCUT2D eigenvalue weighted by Gasteiger charge is 2.29. The first-order chi connectivity index (χ1) is 16.7. The Hall–Kier alpha value is -3.53. The first-order valence-corrected chi connectivity index (χ1v) is 12.5. The van der Waals surface area contributed by atoms with Crippen LogP contribution >= 0.6 is 23.2 Å². The van der Waals surface area contributed by atoms with Crippen molar-refractivity contribution in [1.29, 1.82) is 0 Å². The molecule has 0 bridgehead atoms. The summed E-state index contributed by atoms with van der Waals surface area (Å²) >= 11 is 12.0. The Kier molecular flexibility index (Phi) is 7.02. The van der Waals surface area contributed by atoms with Crippen LogP contribution < -0.4 is 9.62 Å². The first kappa shape index (κ1) is 24.6. The fourth-order valence-corrected chi connectivity index (χ4v) is 5.79. The molecule has 0 aliphatic carbocycles. The summed E-state index contributed by atoms with van der Waals surface area (Å²) in [5.41, 5.74) is 1.41. The van der Waals surface area contributed by atoms with Crippen LogP contribution in [0, 0.1) is 0 Å². The molecule has 0 fully saturated rings. The molecule has 180 valence electrons. The molecule has 0 saturated carbocycles. The van der Waals surface area contributed by atoms with Crippen LogP contribution in [0.5, 0.6) is 0 Å². The van der Waals surface area contributed by atoms with Crippen molar-refractivity contribution in [3.05, 3.63) is 94.6 Å². The van der Waals surface area contributed by atoms with E-state index in [1.807, 2.05) is 30.3 Å². The van der Waals surface area contributed by atoms with Crippen LogP contribution in [0.2, 0.25) is 10.0 Å². The minimum atomic E-state index is -4.37. The van der Waals surface area contributed by atoms with E-state index in [-0.39, 0.29) is 20.6 Å². The van der Waals surface area contributed by atoms with Gasteiger partial charge in [-0.15, -0.1) is 0 Å². The Morgan fingerprint density at radius 1 is 0.943 bits per heavy atom. The maximum atomic E-state index is 13.5. The fourth-order valence-electron chi connectivity index (χ4n) is 3.63. The molecule has 8 nitrogen and oxygen atoms in total. The van der Waals surface area contributed by atoms with Gasteiger partial charge in [0.05, 0.1) is 16.1 Å². The van der Waals surface area contributed by atoms with Crippen LogP contribution in [-0.2, 0) is 21.4 Å². The molecule has 4 aromatic rings. The van der Waals surface area contributed by atoms with E-state index < -0.39 is 28.6 Å². The van der Waals surface area contributed by atoms with E-state index >= 15 is 0 Å². The second kappa shape index (κ2) is 9.99. The van der Waals surface area contributed by atoms with Crippen molar-refractivity contribution in [1.82, 2.24) is 9.88 Å². The highest BCUT2D eigenvalue weighted by atomic mass is 35.5. The number of carbonyl (C=O) groups excluding carboxylic acids is 1. The van der Waals surface area contributed by atoms with Crippen LogP contribution in [0.3, 0.4) is 0 Å². The quantitative estimate of drug-likeness (QED) is 0.349. The minimum absolute atomic E-state index is 0.0887. The number of carbonyl (C=O) groups is 2. The SMILES string of the molecule is O=C(O)CN(c1cccc2c1ccn2C(=O)NCc1ccccc1)S(=O)(=O)c1cc(Cl)cc(Cl)c1. The average molecular weight is 532 g/mol. The molecule has 1 amide bonds. The van der Waals surface area contributed by atoms with E-state index in [2.05, 4.69) is 5.32 Å². The van der Waals surface area contributed by atoms with Gasteiger partial charge in [-0.05, 0) is 42.0 Å². The molecule has 0 aliphatic rings. The van der Waals surface area contributed by atoms with E-state index in [0.717, 1.165) is 9.87 Å². The lowest BCUT2D eigenvalue weighted by Gasteiger charge is -2.24. The second-order valence-corrected chi connectivity index (χ2v) is 10.3. The average Bonchev–Trinajstić information content (AvgIpc) is 3.25. The number of benzene rings is 3. The van der Waals surface area contributed by atoms with Gasteiger partial charge in [-0.2, -0.15) is 0 Å². The number of halogens is 2. The monoisotopic (exact) mass is 531 g/mol. The van der Waals surface area contributed by atoms with Crippen molar-refractivity contribution in [3.63, 3.8) is 0 Å². The smallest absolute Gasteiger partial charge is 0.326 e. The van der Waals surface area contributed by atoms with Gasteiger partial charge in [-0.1, -0.05) is 59.6 Å². The largest absolute Gasteiger partial charge is 0.480 e. The number of aromatic nitrogens is 1. The normalized spacial score (nSPS) is 11.4. The highest BCUT2D eigenvalue weighted by Crippen LogP contribution is 2.33. The van der Waals surface area contributed by atoms with E-state index in [4.69, 9.17) is 23.2 Å². The summed E-state index contributed by atoms with van der Waals surface area (Å²) in [6.07, 6.45) is 1.50. The third-order valence-corrected chi connectivity index (χ3v) is 7.36. The predicted octanol–water partition coefficient (Wildman–Crippen LogP) is 4.99. The number of anilines is 1. The topological polar surface area (TPSA) is 109 Å². The second-order valence-electron chi connectivity index (χ2n) is 7.55. The number of nitrogens with zero attached hydrogens (tertiary/aromatic N) is 2. The summed E-state index contributed by atoms with van der Waals surface area (Å²) < 4.78 is 29.0. The van der Waals surface area contributed by atoms with Gasteiger partial charge >= 0.3 is 12.0 Å². The van der Waals surface area contributed by atoms with Crippen LogP contribution in [0.15, 0.2) is 83.9 Å². The molecule has 1 aromatic heterocycles. The molecule has 4 rings (SSSR count). The molecule has 35 heavy (non-hydrogen) atoms. The zero-order valence-corrected chi connectivity index (χ0v) is 20.4. The van der Waals surface area contributed by atoms with Crippen molar-refractivity contribution < 1.29 is 23.1 Å². The lowest BCUT2D eigenvalue weighted by atomic mass is 10.2. The van der Waals surface area contributed by atoms with E-state index in [1.165, 1.54) is 35.0 Å². The Balaban J connectivity index is 1.74. The number of sulfonamides is 1. The zero-order valence-electron chi connectivity index (χ0n) is 18.1. The van der Waals surface area contributed by atoms with Crippen LogP contribution in [0.4, 0.5) is 10.5 Å². The van der Waals surface area contributed by atoms with Crippen LogP contribution in [0.25, 0.3) is 10.9 Å². The number of carboxylic acid groups (broad SMARTS) is 1. The zero-order chi connectivity index (χ0) is 25.2. The number of amides is 1. The molecule has 11 heteroatoms. The lowest BCUT2D eigenvalue weighted by molar-refractivity contribution is -0.135. The van der Waals surface area contributed by atoms with Crippen LogP contribution in [0.1, 0.15) is 5.56 Å². The Morgan fingerprint density at radius 2 is 1.63 bits per heavy atom. The van der Waals surface area contributed by atoms with E-state index in [9.17, 15) is 23.1 Å². The van der Waals surface area contributed by atoms with Crippen molar-refractivity contribution >= 4 is 61.8 Å². The third kappa shape index (κ3) is 5.27. The molecule has 0 atom stereocenters. The fraction of sp³-hybridized carbons (Fsp3) is 0.0833. The molecule has 0 aliphatic heterocycles. The number of hydrogen-bond donors (Lipinski definition) is 2. The molecule has 0 unspecified atom stereocenters. The van der Waals surface area contributed by atoms with Crippen molar-refractivity contribution in [2.75, 3.05) is 10.8 Å². The summed E-state index contributed by atoms with van der Waals surface area (Å²) in [7, 11) is -4.37. The summed E-state index contributed by atoms with van der Waals surface area (Å²) in [4.78, 5) is 24.2. The number of fused-ring (bicyclic) bond motifs is 1. The maximum Gasteiger partial charge on any atom is 0.326 e. The van der Waals surface area contributed by atoms with E-state index in [1.54, 1.807) is 18.2 Å². The number of nitrogens with one attached hydrogen (secondary N) is 1. The number of rotatable bonds is 7.